The van der Waals surface area contributed by atoms with Gasteiger partial charge in [-0.3, -0.25) is 38.4 Å². The molecule has 0 aromatic heterocycles. The molecule has 13 nitrogen and oxygen atoms in total. The van der Waals surface area contributed by atoms with Crippen LogP contribution in [0.25, 0.3) is 0 Å². The van der Waals surface area contributed by atoms with Crippen LogP contribution in [0.1, 0.15) is 61.2 Å². The molecule has 3 atom stereocenters. The normalized spacial score (nSPS) is 11.2. The summed E-state index contributed by atoms with van der Waals surface area (Å²) >= 11 is 10.8. The number of halogens is 3. The van der Waals surface area contributed by atoms with E-state index in [2.05, 4.69) is 69.1 Å². The molecular formula is C48H55Br3N5O8S2+. The van der Waals surface area contributed by atoms with Crippen molar-refractivity contribution in [2.45, 2.75) is 31.8 Å². The van der Waals surface area contributed by atoms with Gasteiger partial charge in [-0.05, 0) is 29.3 Å². The summed E-state index contributed by atoms with van der Waals surface area (Å²) in [7, 11) is -0.256. The van der Waals surface area contributed by atoms with Gasteiger partial charge in [-0.2, -0.15) is 17.0 Å². The van der Waals surface area contributed by atoms with E-state index in [0.29, 0.717) is 46.4 Å². The standard InChI is InChI=1S/C23H25BrN2O4S.C15H19BrN2O3S.C8H7BrO.C2H3N/c1-31(16-21(28)18-10-6-3-7-11-18)13-12-19(26-22(29)14-24)23(30)25-15-20(27)17-8-4-2-5-9-17;1-22-8-7-12(18-14(20)9-16)15(21)17-10-13(19)11-5-3-2-4-6-11;9-6-8(10)7-4-2-1-3-5-7;1-2-3/h2-11,19H,12-16H2,1H3,(H-,25,26,29,30);2-6,12H,7-10H2,1H3,(H,17,21)(H,18,20);1-5H,6H2;1H3/p+1. The number of hydrogen-bond acceptors (Lipinski definition) is 10. The van der Waals surface area contributed by atoms with Crippen LogP contribution >= 0.6 is 59.6 Å². The fourth-order valence-electron chi connectivity index (χ4n) is 5.30. The number of Topliss-reactive ketones (excluding diaryl/α,β-unsaturated/α-hetero) is 4. The maximum Gasteiger partial charge on any atom is 0.243 e. The monoisotopic (exact) mass is 1130 g/mol. The van der Waals surface area contributed by atoms with Crippen LogP contribution in [0.2, 0.25) is 0 Å². The predicted molar refractivity (Wildman–Crippen MR) is 276 cm³/mol. The third-order valence-corrected chi connectivity index (χ3v) is 12.5. The second-order valence-electron chi connectivity index (χ2n) is 13.7. The Bertz CT molecular complexity index is 2150. The van der Waals surface area contributed by atoms with E-state index < -0.39 is 18.0 Å². The molecule has 4 aromatic rings. The third-order valence-electron chi connectivity index (χ3n) is 8.64. The number of alkyl halides is 3. The van der Waals surface area contributed by atoms with Crippen LogP contribution in [-0.4, -0.2) is 118 Å². The number of benzene rings is 4. The van der Waals surface area contributed by atoms with E-state index in [1.165, 1.54) is 6.92 Å². The van der Waals surface area contributed by atoms with Gasteiger partial charge in [-0.25, -0.2) is 0 Å². The first-order chi connectivity index (χ1) is 31.7. The minimum Gasteiger partial charge on any atom is -0.347 e. The van der Waals surface area contributed by atoms with Crippen molar-refractivity contribution < 1.29 is 38.4 Å². The number of thioether (sulfide) groups is 1. The Morgan fingerprint density at radius 3 is 1.23 bits per heavy atom. The number of carbonyl (C=O) groups excluding carboxylic acids is 8. The highest BCUT2D eigenvalue weighted by Gasteiger charge is 2.26. The predicted octanol–water partition coefficient (Wildman–Crippen LogP) is 6.80. The minimum atomic E-state index is -0.768. The largest absolute Gasteiger partial charge is 0.347 e. The van der Waals surface area contributed by atoms with Gasteiger partial charge in [-0.1, -0.05) is 169 Å². The molecule has 4 N–H and O–H groups in total. The lowest BCUT2D eigenvalue weighted by molar-refractivity contribution is -0.127. The fraction of sp³-hybridized carbons (Fsp3) is 0.312. The molecule has 3 unspecified atom stereocenters. The highest BCUT2D eigenvalue weighted by Crippen LogP contribution is 2.08. The average Bonchev–Trinajstić information content (AvgIpc) is 3.35. The van der Waals surface area contributed by atoms with Crippen molar-refractivity contribution in [1.82, 2.24) is 21.3 Å². The number of amides is 4. The maximum absolute atomic E-state index is 12.6. The van der Waals surface area contributed by atoms with Crippen LogP contribution in [0.15, 0.2) is 121 Å². The summed E-state index contributed by atoms with van der Waals surface area (Å²) in [6, 6.07) is 36.1. The summed E-state index contributed by atoms with van der Waals surface area (Å²) in [6.45, 7) is 1.21. The van der Waals surface area contributed by atoms with Crippen molar-refractivity contribution in [1.29, 1.82) is 5.26 Å². The second kappa shape index (κ2) is 36.2. The van der Waals surface area contributed by atoms with Crippen molar-refractivity contribution in [3.63, 3.8) is 0 Å². The van der Waals surface area contributed by atoms with Crippen molar-refractivity contribution >= 4 is 117 Å². The molecule has 18 heteroatoms. The number of nitriles is 1. The Morgan fingerprint density at radius 1 is 0.561 bits per heavy atom. The minimum absolute atomic E-state index is 0.0605. The van der Waals surface area contributed by atoms with E-state index in [1.54, 1.807) is 78.5 Å². The van der Waals surface area contributed by atoms with Crippen molar-refractivity contribution in [3.05, 3.63) is 144 Å². The highest BCUT2D eigenvalue weighted by atomic mass is 79.9. The molecule has 0 saturated heterocycles. The van der Waals surface area contributed by atoms with Gasteiger partial charge in [0.05, 0.1) is 41.4 Å². The number of nitrogens with zero attached hydrogens (tertiary/aromatic N) is 1. The van der Waals surface area contributed by atoms with E-state index in [-0.39, 0.29) is 75.5 Å². The molecule has 0 radical (unpaired) electrons. The molecule has 4 rings (SSSR count). The Kier molecular flexibility index (Phi) is 32.4. The van der Waals surface area contributed by atoms with Crippen LogP contribution < -0.4 is 21.3 Å². The SMILES string of the molecule is CC#N.CSCCC(NC(=O)CBr)C(=O)NCC(=O)c1ccccc1.C[S+](CCC(NC(=O)CBr)C(=O)NCC(=O)c1ccccc1)CC(=O)c1ccccc1.O=C(CBr)c1ccccc1. The van der Waals surface area contributed by atoms with Crippen LogP contribution in [0.3, 0.4) is 0 Å². The van der Waals surface area contributed by atoms with E-state index in [9.17, 15) is 38.4 Å². The lowest BCUT2D eigenvalue weighted by Gasteiger charge is -2.17. The lowest BCUT2D eigenvalue weighted by atomic mass is 10.1. The van der Waals surface area contributed by atoms with Crippen LogP contribution in [0.4, 0.5) is 0 Å². The van der Waals surface area contributed by atoms with Gasteiger partial charge in [0.25, 0.3) is 0 Å². The number of ketones is 4. The summed E-state index contributed by atoms with van der Waals surface area (Å²) in [5, 5.41) is 18.5. The van der Waals surface area contributed by atoms with Gasteiger partial charge < -0.3 is 21.3 Å². The molecule has 0 aliphatic carbocycles. The number of rotatable bonds is 23. The Hall–Kier alpha value is -4.93. The molecule has 4 aromatic carbocycles. The Morgan fingerprint density at radius 2 is 0.894 bits per heavy atom. The number of nitrogens with one attached hydrogen (secondary N) is 4. The van der Waals surface area contributed by atoms with E-state index in [0.717, 1.165) is 11.3 Å². The van der Waals surface area contributed by atoms with E-state index in [4.69, 9.17) is 5.26 Å². The zero-order chi connectivity index (χ0) is 49.1. The van der Waals surface area contributed by atoms with Crippen LogP contribution in [-0.2, 0) is 30.1 Å². The Labute approximate surface area is 419 Å². The zero-order valence-electron chi connectivity index (χ0n) is 36.9. The van der Waals surface area contributed by atoms with Gasteiger partial charge in [0, 0.05) is 35.6 Å². The molecule has 0 spiro atoms. The second-order valence-corrected chi connectivity index (χ2v) is 18.6. The average molecular weight is 1130 g/mol. The van der Waals surface area contributed by atoms with E-state index >= 15 is 0 Å². The van der Waals surface area contributed by atoms with Crippen molar-refractivity contribution in [2.75, 3.05) is 58.8 Å². The summed E-state index contributed by atoms with van der Waals surface area (Å²) in [6.07, 6.45) is 4.80. The lowest BCUT2D eigenvalue weighted by Crippen LogP contribution is -2.49. The van der Waals surface area contributed by atoms with Crippen LogP contribution in [0, 0.1) is 11.3 Å². The molecule has 66 heavy (non-hydrogen) atoms. The zero-order valence-corrected chi connectivity index (χ0v) is 43.3. The quantitative estimate of drug-likeness (QED) is 0.0347. The van der Waals surface area contributed by atoms with Crippen molar-refractivity contribution in [2.24, 2.45) is 0 Å². The molecule has 352 valence electrons. The summed E-state index contributed by atoms with van der Waals surface area (Å²) in [4.78, 5) is 95.6. The first-order valence-electron chi connectivity index (χ1n) is 20.3. The van der Waals surface area contributed by atoms with Gasteiger partial charge in [0.1, 0.15) is 17.8 Å². The molecule has 0 saturated carbocycles. The molecule has 0 bridgehead atoms. The molecule has 0 aliphatic heterocycles. The molecule has 0 fully saturated rings. The smallest absolute Gasteiger partial charge is 0.243 e. The first-order valence-corrected chi connectivity index (χ1v) is 27.0. The summed E-state index contributed by atoms with van der Waals surface area (Å²) in [5.74, 6) is 0.230. The van der Waals surface area contributed by atoms with Gasteiger partial charge in [-0.15, -0.1) is 0 Å². The molecule has 4 amide bonds. The van der Waals surface area contributed by atoms with Gasteiger partial charge in [0.2, 0.25) is 29.4 Å². The van der Waals surface area contributed by atoms with Gasteiger partial charge >= 0.3 is 0 Å². The van der Waals surface area contributed by atoms with Crippen molar-refractivity contribution in [3.8, 4) is 6.07 Å². The van der Waals surface area contributed by atoms with E-state index in [1.807, 2.05) is 73.2 Å². The summed E-state index contributed by atoms with van der Waals surface area (Å²) in [5.41, 5.74) is 2.49. The maximum atomic E-state index is 12.6. The fourth-order valence-corrected chi connectivity index (χ4v) is 7.81. The molecular weight excluding hydrogens is 1080 g/mol. The third kappa shape index (κ3) is 25.7. The number of carbonyl (C=O) groups is 8. The summed E-state index contributed by atoms with van der Waals surface area (Å²) < 4.78 is 0. The number of hydrogen-bond donors (Lipinski definition) is 4. The molecule has 0 aliphatic rings. The molecule has 0 heterocycles. The van der Waals surface area contributed by atoms with Gasteiger partial charge in [0.15, 0.2) is 23.1 Å². The highest BCUT2D eigenvalue weighted by molar-refractivity contribution is 9.09. The first kappa shape index (κ1) is 59.1. The van der Waals surface area contributed by atoms with Crippen LogP contribution in [0.5, 0.6) is 0 Å². The Balaban J connectivity index is 0.000000536. The topological polar surface area (TPSA) is 208 Å².